The van der Waals surface area contributed by atoms with Crippen LogP contribution in [0.3, 0.4) is 0 Å². The second-order valence-electron chi connectivity index (χ2n) is 3.89. The Balaban J connectivity index is 2.34. The molecule has 0 unspecified atom stereocenters. The molecule has 2 rings (SSSR count). The molecule has 0 saturated heterocycles. The van der Waals surface area contributed by atoms with Crippen molar-refractivity contribution in [2.75, 3.05) is 13.2 Å². The highest BCUT2D eigenvalue weighted by molar-refractivity contribution is 6.32. The first-order valence-corrected chi connectivity index (χ1v) is 5.76. The van der Waals surface area contributed by atoms with Gasteiger partial charge in [-0.05, 0) is 30.5 Å². The van der Waals surface area contributed by atoms with Gasteiger partial charge >= 0.3 is 5.97 Å². The average Bonchev–Trinajstić information content (AvgIpc) is 2.32. The minimum Gasteiger partial charge on any atom is -0.486 e. The average molecular weight is 257 g/mol. The van der Waals surface area contributed by atoms with Crippen LogP contribution in [0, 0.1) is 6.92 Å². The largest absolute Gasteiger partial charge is 0.486 e. The van der Waals surface area contributed by atoms with E-state index in [9.17, 15) is 4.79 Å². The molecule has 5 heteroatoms. The van der Waals surface area contributed by atoms with Gasteiger partial charge in [0.1, 0.15) is 13.2 Å². The van der Waals surface area contributed by atoms with Gasteiger partial charge in [-0.1, -0.05) is 11.6 Å². The van der Waals surface area contributed by atoms with Crippen molar-refractivity contribution in [3.05, 3.63) is 22.2 Å². The Labute approximate surface area is 104 Å². The number of hydrogen-bond donors (Lipinski definition) is 1. The number of carbonyl (C=O) groups is 1. The molecule has 1 N–H and O–H groups in total. The number of carboxylic acids is 1. The summed E-state index contributed by atoms with van der Waals surface area (Å²) in [6, 6.07) is 1.76. The van der Waals surface area contributed by atoms with Crippen LogP contribution in [0.1, 0.15) is 17.5 Å². The molecule has 0 radical (unpaired) electrons. The van der Waals surface area contributed by atoms with Crippen LogP contribution in [0.4, 0.5) is 0 Å². The van der Waals surface area contributed by atoms with Gasteiger partial charge in [-0.25, -0.2) is 0 Å². The van der Waals surface area contributed by atoms with Crippen LogP contribution in [0.2, 0.25) is 5.02 Å². The van der Waals surface area contributed by atoms with Crippen molar-refractivity contribution >= 4 is 17.6 Å². The van der Waals surface area contributed by atoms with Crippen LogP contribution < -0.4 is 9.47 Å². The third-order valence-electron chi connectivity index (χ3n) is 2.73. The zero-order valence-electron chi connectivity index (χ0n) is 9.46. The molecule has 1 aliphatic rings. The maximum Gasteiger partial charge on any atom is 0.303 e. The minimum atomic E-state index is -0.824. The summed E-state index contributed by atoms with van der Waals surface area (Å²) < 4.78 is 11.0. The highest BCUT2D eigenvalue weighted by Crippen LogP contribution is 2.41. The Bertz CT molecular complexity index is 456. The SMILES string of the molecule is Cc1c(CCC(=O)O)cc(Cl)c2c1OCCO2. The van der Waals surface area contributed by atoms with E-state index in [0.29, 0.717) is 36.2 Å². The standard InChI is InChI=1S/C12H13ClO4/c1-7-8(2-3-10(14)15)6-9(13)12-11(7)16-4-5-17-12/h6H,2-5H2,1H3,(H,14,15). The van der Waals surface area contributed by atoms with Gasteiger partial charge in [-0.15, -0.1) is 0 Å². The number of hydrogen-bond acceptors (Lipinski definition) is 3. The molecule has 0 atom stereocenters. The van der Waals surface area contributed by atoms with Gasteiger partial charge in [0.15, 0.2) is 11.5 Å². The Morgan fingerprint density at radius 2 is 2.06 bits per heavy atom. The summed E-state index contributed by atoms with van der Waals surface area (Å²) in [4.78, 5) is 10.6. The third-order valence-corrected chi connectivity index (χ3v) is 3.01. The van der Waals surface area contributed by atoms with Crippen molar-refractivity contribution in [3.8, 4) is 11.5 Å². The lowest BCUT2D eigenvalue weighted by Gasteiger charge is -2.22. The fraction of sp³-hybridized carbons (Fsp3) is 0.417. The lowest BCUT2D eigenvalue weighted by atomic mass is 10.0. The molecule has 1 aromatic carbocycles. The number of ether oxygens (including phenoxy) is 2. The van der Waals surface area contributed by atoms with E-state index in [0.717, 1.165) is 11.1 Å². The Morgan fingerprint density at radius 3 is 2.71 bits per heavy atom. The highest BCUT2D eigenvalue weighted by Gasteiger charge is 2.20. The quantitative estimate of drug-likeness (QED) is 0.903. The Hall–Kier alpha value is -1.42. The van der Waals surface area contributed by atoms with E-state index in [1.807, 2.05) is 6.92 Å². The minimum absolute atomic E-state index is 0.0802. The zero-order valence-corrected chi connectivity index (χ0v) is 10.2. The molecule has 0 fully saturated rings. The number of aryl methyl sites for hydroxylation is 1. The summed E-state index contributed by atoms with van der Waals surface area (Å²) >= 11 is 6.08. The lowest BCUT2D eigenvalue weighted by Crippen LogP contribution is -2.17. The number of aliphatic carboxylic acids is 1. The molecule has 4 nitrogen and oxygen atoms in total. The second-order valence-corrected chi connectivity index (χ2v) is 4.30. The predicted octanol–water partition coefficient (Wildman–Crippen LogP) is 2.44. The van der Waals surface area contributed by atoms with Gasteiger partial charge in [-0.2, -0.15) is 0 Å². The lowest BCUT2D eigenvalue weighted by molar-refractivity contribution is -0.136. The number of fused-ring (bicyclic) bond motifs is 1. The van der Waals surface area contributed by atoms with Gasteiger partial charge in [0.2, 0.25) is 0 Å². The molecular weight excluding hydrogens is 244 g/mol. The topological polar surface area (TPSA) is 55.8 Å². The number of rotatable bonds is 3. The molecule has 0 spiro atoms. The predicted molar refractivity (Wildman–Crippen MR) is 63.1 cm³/mol. The summed E-state index contributed by atoms with van der Waals surface area (Å²) in [6.07, 6.45) is 0.522. The van der Waals surface area contributed by atoms with Crippen LogP contribution in [-0.2, 0) is 11.2 Å². The van der Waals surface area contributed by atoms with Crippen LogP contribution in [-0.4, -0.2) is 24.3 Å². The Morgan fingerprint density at radius 1 is 1.41 bits per heavy atom. The van der Waals surface area contributed by atoms with Crippen molar-refractivity contribution in [1.29, 1.82) is 0 Å². The molecule has 0 aromatic heterocycles. The molecule has 0 aliphatic carbocycles. The maximum absolute atomic E-state index is 10.6. The summed E-state index contributed by atoms with van der Waals surface area (Å²) in [7, 11) is 0. The fourth-order valence-corrected chi connectivity index (χ4v) is 2.12. The zero-order chi connectivity index (χ0) is 12.4. The first-order valence-electron chi connectivity index (χ1n) is 5.39. The van der Waals surface area contributed by atoms with E-state index in [1.165, 1.54) is 0 Å². The summed E-state index contributed by atoms with van der Waals surface area (Å²) in [6.45, 7) is 2.87. The molecule has 0 bridgehead atoms. The van der Waals surface area contributed by atoms with Gasteiger partial charge < -0.3 is 14.6 Å². The van der Waals surface area contributed by atoms with Gasteiger partial charge in [-0.3, -0.25) is 4.79 Å². The van der Waals surface area contributed by atoms with E-state index in [1.54, 1.807) is 6.07 Å². The summed E-state index contributed by atoms with van der Waals surface area (Å²) in [5, 5.41) is 9.16. The number of benzene rings is 1. The first kappa shape index (κ1) is 12.0. The van der Waals surface area contributed by atoms with Crippen molar-refractivity contribution < 1.29 is 19.4 Å². The smallest absolute Gasteiger partial charge is 0.303 e. The van der Waals surface area contributed by atoms with Crippen molar-refractivity contribution in [2.24, 2.45) is 0 Å². The molecule has 17 heavy (non-hydrogen) atoms. The third kappa shape index (κ3) is 2.47. The molecule has 0 saturated carbocycles. The molecule has 0 amide bonds. The van der Waals surface area contributed by atoms with E-state index < -0.39 is 5.97 Å². The maximum atomic E-state index is 10.6. The number of halogens is 1. The van der Waals surface area contributed by atoms with E-state index >= 15 is 0 Å². The fourth-order valence-electron chi connectivity index (χ4n) is 1.85. The van der Waals surface area contributed by atoms with Crippen molar-refractivity contribution in [3.63, 3.8) is 0 Å². The molecular formula is C12H13ClO4. The first-order chi connectivity index (χ1) is 8.09. The molecule has 1 aliphatic heterocycles. The molecule has 1 aromatic rings. The van der Waals surface area contributed by atoms with Gasteiger partial charge in [0.05, 0.1) is 5.02 Å². The van der Waals surface area contributed by atoms with Crippen LogP contribution >= 0.6 is 11.6 Å². The van der Waals surface area contributed by atoms with E-state index in [2.05, 4.69) is 0 Å². The molecule has 1 heterocycles. The van der Waals surface area contributed by atoms with Crippen LogP contribution in [0.25, 0.3) is 0 Å². The normalized spacial score (nSPS) is 13.5. The van der Waals surface area contributed by atoms with Gasteiger partial charge in [0, 0.05) is 6.42 Å². The molecule has 92 valence electrons. The second kappa shape index (κ2) is 4.84. The Kier molecular flexibility index (Phi) is 3.43. The van der Waals surface area contributed by atoms with Crippen LogP contribution in [0.15, 0.2) is 6.07 Å². The van der Waals surface area contributed by atoms with Crippen LogP contribution in [0.5, 0.6) is 11.5 Å². The number of carboxylic acid groups (broad SMARTS) is 1. The highest BCUT2D eigenvalue weighted by atomic mass is 35.5. The van der Waals surface area contributed by atoms with Crippen molar-refractivity contribution in [1.82, 2.24) is 0 Å². The van der Waals surface area contributed by atoms with Crippen molar-refractivity contribution in [2.45, 2.75) is 19.8 Å². The van der Waals surface area contributed by atoms with E-state index in [-0.39, 0.29) is 6.42 Å². The monoisotopic (exact) mass is 256 g/mol. The summed E-state index contributed by atoms with van der Waals surface area (Å²) in [5.74, 6) is 0.383. The van der Waals surface area contributed by atoms with Gasteiger partial charge in [0.25, 0.3) is 0 Å². The van der Waals surface area contributed by atoms with E-state index in [4.69, 9.17) is 26.2 Å². The summed E-state index contributed by atoms with van der Waals surface area (Å²) in [5.41, 5.74) is 1.80.